The van der Waals surface area contributed by atoms with Gasteiger partial charge in [-0.05, 0) is 0 Å². The van der Waals surface area contributed by atoms with Crippen LogP contribution >= 0.6 is 30.3 Å². The van der Waals surface area contributed by atoms with E-state index in [2.05, 4.69) is 0 Å². The van der Waals surface area contributed by atoms with E-state index in [1.165, 1.54) is 12.1 Å². The van der Waals surface area contributed by atoms with Crippen molar-refractivity contribution in [3.8, 4) is 0 Å². The van der Waals surface area contributed by atoms with Crippen LogP contribution in [0.4, 0.5) is 26.3 Å². The van der Waals surface area contributed by atoms with E-state index >= 15 is 0 Å². The third kappa shape index (κ3) is 3.34. The third-order valence-corrected chi connectivity index (χ3v) is 14.7. The van der Waals surface area contributed by atoms with Crippen LogP contribution in [0, 0.1) is 0 Å². The molecule has 2 nitrogen and oxygen atoms in total. The topological polar surface area (TPSA) is 18.5 Å². The molecule has 0 radical (unpaired) electrons. The van der Waals surface area contributed by atoms with E-state index in [1.807, 2.05) is 0 Å². The molecular formula is C27H23Cl2F6O2P. The van der Waals surface area contributed by atoms with E-state index < -0.39 is 41.3 Å². The molecule has 2 heterocycles. The predicted octanol–water partition coefficient (Wildman–Crippen LogP) is 9.12. The molecule has 1 saturated heterocycles. The summed E-state index contributed by atoms with van der Waals surface area (Å²) in [6.07, 6.45) is -11.9. The molecule has 38 heavy (non-hydrogen) atoms. The van der Waals surface area contributed by atoms with E-state index in [4.69, 9.17) is 32.2 Å². The van der Waals surface area contributed by atoms with Gasteiger partial charge in [0.15, 0.2) is 0 Å². The number of benzene rings is 3. The molecule has 204 valence electrons. The summed E-state index contributed by atoms with van der Waals surface area (Å²) in [4.78, 5) is 0. The van der Waals surface area contributed by atoms with Gasteiger partial charge in [0.25, 0.3) is 0 Å². The summed E-state index contributed by atoms with van der Waals surface area (Å²) in [6, 6.07) is 17.6. The van der Waals surface area contributed by atoms with E-state index in [9.17, 15) is 26.3 Å². The van der Waals surface area contributed by atoms with Gasteiger partial charge in [-0.15, -0.1) is 0 Å². The molecule has 1 spiro atoms. The maximum absolute atomic E-state index is 14.7. The molecule has 0 amide bonds. The quantitative estimate of drug-likeness (QED) is 0.217. The standard InChI is InChI=1S/C27H23Cl2F6O2P/c1-23(2,3)38(22-7-5-4-6-21(22)25(37-38,26(30,31)32)27(33,34)35)16-24(36-38,17-8-12-19(28)13-9-17)18-10-14-20(29)15-11-18/h4-15H,16H2,1-3H3. The molecule has 1 fully saturated rings. The molecule has 0 unspecified atom stereocenters. The van der Waals surface area contributed by atoms with Crippen LogP contribution in [0.25, 0.3) is 0 Å². The molecule has 5 rings (SSSR count). The van der Waals surface area contributed by atoms with Crippen LogP contribution in [-0.4, -0.2) is 23.7 Å². The fourth-order valence-corrected chi connectivity index (χ4v) is 12.3. The van der Waals surface area contributed by atoms with Crippen molar-refractivity contribution in [2.24, 2.45) is 0 Å². The Bertz CT molecular complexity index is 1330. The molecule has 0 bridgehead atoms. The van der Waals surface area contributed by atoms with Gasteiger partial charge in [0.1, 0.15) is 0 Å². The first-order valence-electron chi connectivity index (χ1n) is 11.6. The fraction of sp³-hybridized carbons (Fsp3) is 0.333. The summed E-state index contributed by atoms with van der Waals surface area (Å²) in [5, 5.41) is -0.639. The molecular weight excluding hydrogens is 572 g/mol. The van der Waals surface area contributed by atoms with Gasteiger partial charge in [-0.2, -0.15) is 0 Å². The molecule has 3 aromatic rings. The molecule has 0 N–H and O–H groups in total. The Morgan fingerprint density at radius 2 is 1.11 bits per heavy atom. The van der Waals surface area contributed by atoms with Crippen molar-refractivity contribution in [3.05, 3.63) is 99.5 Å². The molecule has 0 aliphatic carbocycles. The Morgan fingerprint density at radius 1 is 0.684 bits per heavy atom. The van der Waals surface area contributed by atoms with Crippen LogP contribution in [0.15, 0.2) is 72.8 Å². The molecule has 3 aromatic carbocycles. The van der Waals surface area contributed by atoms with Gasteiger partial charge >= 0.3 is 226 Å². The first kappa shape index (κ1) is 27.7. The summed E-state index contributed by atoms with van der Waals surface area (Å²) in [6.45, 7) is 4.70. The van der Waals surface area contributed by atoms with Crippen molar-refractivity contribution in [1.29, 1.82) is 0 Å². The Kier molecular flexibility index (Phi) is 5.92. The van der Waals surface area contributed by atoms with Crippen LogP contribution in [0.2, 0.25) is 10.0 Å². The average Bonchev–Trinajstić information content (AvgIpc) is 3.09. The van der Waals surface area contributed by atoms with E-state index in [-0.39, 0.29) is 11.5 Å². The first-order chi connectivity index (χ1) is 17.4. The van der Waals surface area contributed by atoms with E-state index in [0.717, 1.165) is 12.1 Å². The summed E-state index contributed by atoms with van der Waals surface area (Å²) < 4.78 is 100. The Labute approximate surface area is 225 Å². The van der Waals surface area contributed by atoms with Crippen molar-refractivity contribution in [2.45, 2.75) is 49.5 Å². The molecule has 0 aromatic heterocycles. The molecule has 2 aliphatic heterocycles. The van der Waals surface area contributed by atoms with Gasteiger partial charge in [0, 0.05) is 0 Å². The normalized spacial score (nSPS) is 22.2. The van der Waals surface area contributed by atoms with E-state index in [0.29, 0.717) is 21.2 Å². The second-order valence-electron chi connectivity index (χ2n) is 10.7. The van der Waals surface area contributed by atoms with Crippen molar-refractivity contribution in [3.63, 3.8) is 0 Å². The zero-order valence-electron chi connectivity index (χ0n) is 20.4. The Hall–Kier alpha value is -1.83. The van der Waals surface area contributed by atoms with Crippen molar-refractivity contribution < 1.29 is 35.4 Å². The number of alkyl halides is 6. The fourth-order valence-electron chi connectivity index (χ4n) is 5.80. The molecule has 0 saturated carbocycles. The molecule has 2 aliphatic rings. The van der Waals surface area contributed by atoms with Gasteiger partial charge in [-0.1, -0.05) is 0 Å². The van der Waals surface area contributed by atoms with E-state index in [1.54, 1.807) is 69.3 Å². The van der Waals surface area contributed by atoms with Gasteiger partial charge < -0.3 is 0 Å². The Balaban J connectivity index is 1.84. The minimum atomic E-state index is -5.81. The SMILES string of the molecule is CC(C)(C)P12(CC(c3ccc(Cl)cc3)(c3ccc(Cl)cc3)O1)OC(C(F)(F)F)(C(F)(F)F)c1ccccc12. The third-order valence-electron chi connectivity index (χ3n) is 7.74. The summed E-state index contributed by atoms with van der Waals surface area (Å²) in [7, 11) is -4.96. The van der Waals surface area contributed by atoms with Crippen LogP contribution in [-0.2, 0) is 20.2 Å². The van der Waals surface area contributed by atoms with Gasteiger partial charge in [-0.3, -0.25) is 0 Å². The number of hydrogen-bond acceptors (Lipinski definition) is 2. The van der Waals surface area contributed by atoms with Crippen molar-refractivity contribution >= 4 is 35.6 Å². The van der Waals surface area contributed by atoms with Crippen molar-refractivity contribution in [1.82, 2.24) is 0 Å². The van der Waals surface area contributed by atoms with Crippen LogP contribution < -0.4 is 5.30 Å². The average molecular weight is 595 g/mol. The van der Waals surface area contributed by atoms with Crippen LogP contribution in [0.3, 0.4) is 0 Å². The zero-order valence-corrected chi connectivity index (χ0v) is 22.8. The van der Waals surface area contributed by atoms with Crippen LogP contribution in [0.5, 0.6) is 0 Å². The van der Waals surface area contributed by atoms with Gasteiger partial charge in [0.2, 0.25) is 0 Å². The summed E-state index contributed by atoms with van der Waals surface area (Å²) >= 11 is 12.2. The maximum atomic E-state index is 14.7. The summed E-state index contributed by atoms with van der Waals surface area (Å²) in [5.74, 6) is 0. The zero-order chi connectivity index (χ0) is 28.0. The number of halogens is 8. The number of fused-ring (bicyclic) bond motifs is 2. The molecule has 11 heteroatoms. The van der Waals surface area contributed by atoms with Crippen molar-refractivity contribution in [2.75, 3.05) is 6.16 Å². The Morgan fingerprint density at radius 3 is 1.50 bits per heavy atom. The van der Waals surface area contributed by atoms with Gasteiger partial charge in [-0.25, -0.2) is 0 Å². The first-order valence-corrected chi connectivity index (χ1v) is 14.6. The summed E-state index contributed by atoms with van der Waals surface area (Å²) in [5.41, 5.74) is -5.91. The second kappa shape index (κ2) is 8.11. The number of rotatable bonds is 2. The number of hydrogen-bond donors (Lipinski definition) is 0. The second-order valence-corrected chi connectivity index (χ2v) is 16.3. The monoisotopic (exact) mass is 594 g/mol. The van der Waals surface area contributed by atoms with Crippen LogP contribution in [0.1, 0.15) is 37.5 Å². The van der Waals surface area contributed by atoms with Gasteiger partial charge in [0.05, 0.1) is 0 Å². The molecule has 0 atom stereocenters. The predicted molar refractivity (Wildman–Crippen MR) is 137 cm³/mol. The minimum absolute atomic E-state index is 0.181.